The van der Waals surface area contributed by atoms with Crippen molar-refractivity contribution in [2.75, 3.05) is 0 Å². The van der Waals surface area contributed by atoms with Crippen molar-refractivity contribution < 1.29 is 0 Å². The van der Waals surface area contributed by atoms with Gasteiger partial charge in [0.1, 0.15) is 0 Å². The zero-order chi connectivity index (χ0) is 29.0. The maximum Gasteiger partial charge on any atom is 0.0560 e. The predicted octanol–water partition coefficient (Wildman–Crippen LogP) is 11.1. The second kappa shape index (κ2) is 10.00. The van der Waals surface area contributed by atoms with E-state index in [0.29, 0.717) is 0 Å². The molecule has 0 saturated carbocycles. The molecule has 1 atom stereocenters. The lowest BCUT2D eigenvalue weighted by Gasteiger charge is -2.21. The number of hydrogen-bond donors (Lipinski definition) is 0. The molecule has 2 heteroatoms. The SMILES string of the molecule is C1=CC(n2c3ccccc3c3c4c5ccccc5n(-c5cccc(-c6ccccc6)c5)c4ccc32)CC=C1c1ccccc1. The van der Waals surface area contributed by atoms with Crippen LogP contribution in [0.4, 0.5) is 0 Å². The third kappa shape index (κ3) is 3.81. The summed E-state index contributed by atoms with van der Waals surface area (Å²) in [5, 5.41) is 5.24. The minimum atomic E-state index is 0.248. The minimum Gasteiger partial charge on any atom is -0.333 e. The van der Waals surface area contributed by atoms with E-state index in [2.05, 4.69) is 173 Å². The molecule has 2 nitrogen and oxygen atoms in total. The zero-order valence-electron chi connectivity index (χ0n) is 24.3. The van der Waals surface area contributed by atoms with Gasteiger partial charge in [-0.05, 0) is 65.1 Å². The molecule has 1 aliphatic rings. The standard InChI is InChI=1S/C42H30N2/c1-3-12-29(13-4-1)31-22-24-33(25-23-31)43-37-20-9-7-18-35(37)41-39(43)26-27-40-42(41)36-19-8-10-21-38(36)44(40)34-17-11-16-32(28-34)30-14-5-2-6-15-30/h1-24,26-28,33H,25H2. The van der Waals surface area contributed by atoms with E-state index >= 15 is 0 Å². The van der Waals surface area contributed by atoms with Gasteiger partial charge in [-0.2, -0.15) is 0 Å². The molecule has 9 rings (SSSR count). The van der Waals surface area contributed by atoms with Crippen molar-refractivity contribution in [2.45, 2.75) is 12.5 Å². The first-order chi connectivity index (χ1) is 21.8. The predicted molar refractivity (Wildman–Crippen MR) is 186 cm³/mol. The Morgan fingerprint density at radius 2 is 1.09 bits per heavy atom. The van der Waals surface area contributed by atoms with Crippen LogP contribution in [0.5, 0.6) is 0 Å². The summed E-state index contributed by atoms with van der Waals surface area (Å²) in [7, 11) is 0. The Kier molecular flexibility index (Phi) is 5.67. The minimum absolute atomic E-state index is 0.248. The fourth-order valence-corrected chi connectivity index (χ4v) is 7.28. The summed E-state index contributed by atoms with van der Waals surface area (Å²) >= 11 is 0. The van der Waals surface area contributed by atoms with E-state index in [1.54, 1.807) is 0 Å². The molecule has 0 aliphatic heterocycles. The largest absolute Gasteiger partial charge is 0.333 e. The van der Waals surface area contributed by atoms with E-state index in [4.69, 9.17) is 0 Å². The number of rotatable bonds is 4. The second-order valence-electron chi connectivity index (χ2n) is 11.7. The van der Waals surface area contributed by atoms with Gasteiger partial charge in [-0.1, -0.05) is 127 Å². The van der Waals surface area contributed by atoms with Crippen molar-refractivity contribution >= 4 is 49.2 Å². The molecule has 0 fully saturated rings. The second-order valence-corrected chi connectivity index (χ2v) is 11.7. The molecule has 0 bridgehead atoms. The highest BCUT2D eigenvalue weighted by atomic mass is 15.0. The Morgan fingerprint density at radius 3 is 1.84 bits per heavy atom. The van der Waals surface area contributed by atoms with Crippen LogP contribution in [0.2, 0.25) is 0 Å². The zero-order valence-corrected chi connectivity index (χ0v) is 24.3. The Labute approximate surface area is 256 Å². The van der Waals surface area contributed by atoms with Crippen LogP contribution >= 0.6 is 0 Å². The highest BCUT2D eigenvalue weighted by Gasteiger charge is 2.23. The van der Waals surface area contributed by atoms with Gasteiger partial charge in [0.15, 0.2) is 0 Å². The first kappa shape index (κ1) is 24.9. The van der Waals surface area contributed by atoms with Crippen LogP contribution in [-0.2, 0) is 0 Å². The van der Waals surface area contributed by atoms with Crippen LogP contribution in [0.1, 0.15) is 18.0 Å². The molecular formula is C42H30N2. The first-order valence-corrected chi connectivity index (χ1v) is 15.4. The molecule has 1 unspecified atom stereocenters. The van der Waals surface area contributed by atoms with E-state index in [1.165, 1.54) is 71.6 Å². The molecule has 0 spiro atoms. The van der Waals surface area contributed by atoms with E-state index in [9.17, 15) is 0 Å². The summed E-state index contributed by atoms with van der Waals surface area (Å²) in [6, 6.07) is 53.0. The Hall–Kier alpha value is -5.60. The normalized spacial score (nSPS) is 15.0. The summed E-state index contributed by atoms with van der Waals surface area (Å²) in [5.41, 5.74) is 11.2. The summed E-state index contributed by atoms with van der Waals surface area (Å²) < 4.78 is 5.00. The van der Waals surface area contributed by atoms with Crippen LogP contribution in [0.15, 0.2) is 164 Å². The topological polar surface area (TPSA) is 9.86 Å². The van der Waals surface area contributed by atoms with Crippen LogP contribution < -0.4 is 0 Å². The molecule has 6 aromatic carbocycles. The molecular weight excluding hydrogens is 532 g/mol. The molecule has 208 valence electrons. The molecule has 2 heterocycles. The van der Waals surface area contributed by atoms with Crippen molar-refractivity contribution in [2.24, 2.45) is 0 Å². The summed E-state index contributed by atoms with van der Waals surface area (Å²) in [6.07, 6.45) is 8.04. The molecule has 44 heavy (non-hydrogen) atoms. The van der Waals surface area contributed by atoms with Gasteiger partial charge in [0.05, 0.1) is 22.6 Å². The average Bonchev–Trinajstić information content (AvgIpc) is 3.62. The van der Waals surface area contributed by atoms with Crippen LogP contribution in [0.3, 0.4) is 0 Å². The molecule has 2 aromatic heterocycles. The fourth-order valence-electron chi connectivity index (χ4n) is 7.28. The maximum absolute atomic E-state index is 2.56. The summed E-state index contributed by atoms with van der Waals surface area (Å²) in [6.45, 7) is 0. The summed E-state index contributed by atoms with van der Waals surface area (Å²) in [5.74, 6) is 0. The van der Waals surface area contributed by atoms with Crippen molar-refractivity contribution in [1.82, 2.24) is 9.13 Å². The van der Waals surface area contributed by atoms with Crippen LogP contribution in [-0.4, -0.2) is 9.13 Å². The molecule has 0 N–H and O–H groups in total. The van der Waals surface area contributed by atoms with Crippen molar-refractivity contribution in [3.8, 4) is 16.8 Å². The van der Waals surface area contributed by atoms with Gasteiger partial charge in [-0.3, -0.25) is 0 Å². The van der Waals surface area contributed by atoms with Gasteiger partial charge >= 0.3 is 0 Å². The molecule has 0 amide bonds. The number of fused-ring (bicyclic) bond motifs is 7. The Balaban J connectivity index is 1.28. The third-order valence-corrected chi connectivity index (χ3v) is 9.24. The van der Waals surface area contributed by atoms with Gasteiger partial charge in [-0.25, -0.2) is 0 Å². The van der Waals surface area contributed by atoms with Gasteiger partial charge in [0.2, 0.25) is 0 Å². The number of hydrogen-bond acceptors (Lipinski definition) is 0. The fraction of sp³-hybridized carbons (Fsp3) is 0.0476. The van der Waals surface area contributed by atoms with Gasteiger partial charge in [0, 0.05) is 32.7 Å². The van der Waals surface area contributed by atoms with E-state index < -0.39 is 0 Å². The lowest BCUT2D eigenvalue weighted by atomic mass is 9.97. The number of aromatic nitrogens is 2. The van der Waals surface area contributed by atoms with E-state index in [0.717, 1.165) is 6.42 Å². The lowest BCUT2D eigenvalue weighted by Crippen LogP contribution is -2.08. The lowest BCUT2D eigenvalue weighted by molar-refractivity contribution is 0.649. The highest BCUT2D eigenvalue weighted by Crippen LogP contribution is 2.43. The van der Waals surface area contributed by atoms with Crippen molar-refractivity contribution in [1.29, 1.82) is 0 Å². The number of nitrogens with zero attached hydrogens (tertiary/aromatic N) is 2. The molecule has 8 aromatic rings. The number of benzene rings is 6. The smallest absolute Gasteiger partial charge is 0.0560 e. The number of allylic oxidation sites excluding steroid dienone is 4. The molecule has 0 saturated heterocycles. The van der Waals surface area contributed by atoms with Gasteiger partial charge in [0.25, 0.3) is 0 Å². The van der Waals surface area contributed by atoms with Crippen molar-refractivity contribution in [3.63, 3.8) is 0 Å². The maximum atomic E-state index is 2.56. The van der Waals surface area contributed by atoms with E-state index in [1.807, 2.05) is 0 Å². The quantitative estimate of drug-likeness (QED) is 0.202. The summed E-state index contributed by atoms with van der Waals surface area (Å²) in [4.78, 5) is 0. The van der Waals surface area contributed by atoms with E-state index in [-0.39, 0.29) is 6.04 Å². The first-order valence-electron chi connectivity index (χ1n) is 15.4. The number of para-hydroxylation sites is 2. The van der Waals surface area contributed by atoms with Gasteiger partial charge < -0.3 is 9.13 Å². The highest BCUT2D eigenvalue weighted by molar-refractivity contribution is 6.28. The van der Waals surface area contributed by atoms with Gasteiger partial charge in [-0.15, -0.1) is 0 Å². The van der Waals surface area contributed by atoms with Crippen LogP contribution in [0.25, 0.3) is 66.0 Å². The molecule has 0 radical (unpaired) electrons. The van der Waals surface area contributed by atoms with Crippen molar-refractivity contribution in [3.05, 3.63) is 169 Å². The van der Waals surface area contributed by atoms with Crippen LogP contribution in [0, 0.1) is 0 Å². The average molecular weight is 563 g/mol. The molecule has 1 aliphatic carbocycles. The monoisotopic (exact) mass is 562 g/mol. The third-order valence-electron chi connectivity index (χ3n) is 9.24. The Morgan fingerprint density at radius 1 is 0.477 bits per heavy atom. The Bertz CT molecular complexity index is 2400.